The van der Waals surface area contributed by atoms with E-state index in [1.165, 1.54) is 0 Å². The zero-order valence-corrected chi connectivity index (χ0v) is 12.2. The van der Waals surface area contributed by atoms with E-state index in [0.29, 0.717) is 34.2 Å². The highest BCUT2D eigenvalue weighted by Gasteiger charge is 2.24. The van der Waals surface area contributed by atoms with Gasteiger partial charge < -0.3 is 18.6 Å². The molecular formula is C17H14O5. The molecule has 2 heterocycles. The molecule has 1 aromatic heterocycles. The molecule has 112 valence electrons. The zero-order chi connectivity index (χ0) is 15.5. The minimum absolute atomic E-state index is 0.412. The maximum atomic E-state index is 12.0. The van der Waals surface area contributed by atoms with Crippen molar-refractivity contribution in [2.45, 2.75) is 0 Å². The van der Waals surface area contributed by atoms with Crippen molar-refractivity contribution in [3.63, 3.8) is 0 Å². The quantitative estimate of drug-likeness (QED) is 0.640. The maximum absolute atomic E-state index is 12.0. The highest BCUT2D eigenvalue weighted by atomic mass is 16.5. The molecular weight excluding hydrogens is 284 g/mol. The van der Waals surface area contributed by atoms with Crippen LogP contribution >= 0.6 is 0 Å². The number of hydrogen-bond acceptors (Lipinski definition) is 5. The minimum Gasteiger partial charge on any atom is -0.497 e. The van der Waals surface area contributed by atoms with Crippen molar-refractivity contribution < 1.29 is 23.4 Å². The Balaban J connectivity index is 2.01. The van der Waals surface area contributed by atoms with Crippen LogP contribution in [0, 0.1) is 0 Å². The Kier molecular flexibility index (Phi) is 3.70. The average molecular weight is 298 g/mol. The van der Waals surface area contributed by atoms with Crippen LogP contribution in [-0.4, -0.2) is 20.2 Å². The molecule has 0 fully saturated rings. The summed E-state index contributed by atoms with van der Waals surface area (Å²) in [6.07, 6.45) is 4.83. The highest BCUT2D eigenvalue weighted by molar-refractivity contribution is 6.05. The molecule has 0 bridgehead atoms. The Morgan fingerprint density at radius 1 is 1.14 bits per heavy atom. The molecule has 0 N–H and O–H groups in total. The second-order valence-corrected chi connectivity index (χ2v) is 4.58. The van der Waals surface area contributed by atoms with Crippen LogP contribution in [0.25, 0.3) is 11.8 Å². The zero-order valence-electron chi connectivity index (χ0n) is 12.2. The monoisotopic (exact) mass is 298 g/mol. The first-order chi connectivity index (χ1) is 10.7. The van der Waals surface area contributed by atoms with Gasteiger partial charge in [0.15, 0.2) is 0 Å². The molecule has 0 unspecified atom stereocenters. The third-order valence-corrected chi connectivity index (χ3v) is 3.24. The van der Waals surface area contributed by atoms with Gasteiger partial charge in [0.1, 0.15) is 23.0 Å². The SMILES string of the molecule is COc1ccc(OC)c(C2=C/C(=C/c3ccco3)C(=O)O2)c1. The van der Waals surface area contributed by atoms with E-state index < -0.39 is 5.97 Å². The Morgan fingerprint density at radius 3 is 2.68 bits per heavy atom. The third-order valence-electron chi connectivity index (χ3n) is 3.24. The smallest absolute Gasteiger partial charge is 0.343 e. The summed E-state index contributed by atoms with van der Waals surface area (Å²) in [4.78, 5) is 12.0. The number of esters is 1. The summed E-state index contributed by atoms with van der Waals surface area (Å²) in [6, 6.07) is 8.81. The van der Waals surface area contributed by atoms with Crippen molar-refractivity contribution >= 4 is 17.8 Å². The van der Waals surface area contributed by atoms with E-state index in [9.17, 15) is 4.79 Å². The number of carbonyl (C=O) groups is 1. The largest absolute Gasteiger partial charge is 0.497 e. The van der Waals surface area contributed by atoms with Gasteiger partial charge in [-0.3, -0.25) is 0 Å². The van der Waals surface area contributed by atoms with Crippen LogP contribution in [0.4, 0.5) is 0 Å². The Morgan fingerprint density at radius 2 is 2.00 bits per heavy atom. The number of furan rings is 1. The van der Waals surface area contributed by atoms with E-state index in [1.807, 2.05) is 0 Å². The van der Waals surface area contributed by atoms with Crippen molar-refractivity contribution in [2.24, 2.45) is 0 Å². The molecule has 1 aromatic carbocycles. The number of benzene rings is 1. The van der Waals surface area contributed by atoms with Gasteiger partial charge in [0, 0.05) is 0 Å². The minimum atomic E-state index is -0.434. The molecule has 0 amide bonds. The lowest BCUT2D eigenvalue weighted by molar-refractivity contribution is -0.130. The Bertz CT molecular complexity index is 753. The van der Waals surface area contributed by atoms with Crippen LogP contribution in [-0.2, 0) is 9.53 Å². The summed E-state index contributed by atoms with van der Waals surface area (Å²) >= 11 is 0. The molecule has 3 rings (SSSR count). The predicted octanol–water partition coefficient (Wildman–Crippen LogP) is 3.28. The molecule has 0 spiro atoms. The van der Waals surface area contributed by atoms with Gasteiger partial charge in [-0.15, -0.1) is 0 Å². The first-order valence-electron chi connectivity index (χ1n) is 6.63. The van der Waals surface area contributed by atoms with Crippen molar-refractivity contribution in [3.8, 4) is 11.5 Å². The lowest BCUT2D eigenvalue weighted by Crippen LogP contribution is -1.98. The number of carbonyl (C=O) groups excluding carboxylic acids is 1. The Labute approximate surface area is 127 Å². The second kappa shape index (κ2) is 5.81. The predicted molar refractivity (Wildman–Crippen MR) is 80.3 cm³/mol. The van der Waals surface area contributed by atoms with Crippen LogP contribution in [0.2, 0.25) is 0 Å². The van der Waals surface area contributed by atoms with Crippen molar-refractivity contribution in [1.29, 1.82) is 0 Å². The molecule has 0 saturated heterocycles. The van der Waals surface area contributed by atoms with E-state index in [4.69, 9.17) is 18.6 Å². The van der Waals surface area contributed by atoms with Crippen LogP contribution in [0.15, 0.2) is 52.7 Å². The maximum Gasteiger partial charge on any atom is 0.343 e. The number of cyclic esters (lactones) is 1. The molecule has 22 heavy (non-hydrogen) atoms. The molecule has 0 atom stereocenters. The van der Waals surface area contributed by atoms with Gasteiger partial charge >= 0.3 is 5.97 Å². The summed E-state index contributed by atoms with van der Waals surface area (Å²) in [5, 5.41) is 0. The van der Waals surface area contributed by atoms with E-state index >= 15 is 0 Å². The van der Waals surface area contributed by atoms with Crippen molar-refractivity contribution in [3.05, 3.63) is 59.6 Å². The summed E-state index contributed by atoms with van der Waals surface area (Å²) in [7, 11) is 3.13. The molecule has 5 heteroatoms. The highest BCUT2D eigenvalue weighted by Crippen LogP contribution is 2.35. The number of rotatable bonds is 4. The van der Waals surface area contributed by atoms with Crippen LogP contribution in [0.1, 0.15) is 11.3 Å². The fourth-order valence-corrected chi connectivity index (χ4v) is 2.16. The molecule has 1 aliphatic rings. The average Bonchev–Trinajstić information content (AvgIpc) is 3.17. The van der Waals surface area contributed by atoms with Crippen molar-refractivity contribution in [2.75, 3.05) is 14.2 Å². The van der Waals surface area contributed by atoms with Crippen LogP contribution in [0.3, 0.4) is 0 Å². The van der Waals surface area contributed by atoms with Crippen LogP contribution in [0.5, 0.6) is 11.5 Å². The fraction of sp³-hybridized carbons (Fsp3) is 0.118. The summed E-state index contributed by atoms with van der Waals surface area (Å²) < 4.78 is 21.0. The third kappa shape index (κ3) is 2.61. The van der Waals surface area contributed by atoms with Gasteiger partial charge in [0.2, 0.25) is 0 Å². The fourth-order valence-electron chi connectivity index (χ4n) is 2.16. The first kappa shape index (κ1) is 14.0. The van der Waals surface area contributed by atoms with Crippen LogP contribution < -0.4 is 9.47 Å². The number of hydrogen-bond donors (Lipinski definition) is 0. The van der Waals surface area contributed by atoms with Gasteiger partial charge in [-0.2, -0.15) is 0 Å². The molecule has 0 saturated carbocycles. The lowest BCUT2D eigenvalue weighted by atomic mass is 10.1. The normalized spacial score (nSPS) is 15.6. The molecule has 5 nitrogen and oxygen atoms in total. The molecule has 1 aliphatic heterocycles. The van der Waals surface area contributed by atoms with E-state index in [2.05, 4.69) is 0 Å². The second-order valence-electron chi connectivity index (χ2n) is 4.58. The molecule has 2 aromatic rings. The number of methoxy groups -OCH3 is 2. The van der Waals surface area contributed by atoms with Crippen molar-refractivity contribution in [1.82, 2.24) is 0 Å². The van der Waals surface area contributed by atoms with Gasteiger partial charge in [0.25, 0.3) is 0 Å². The van der Waals surface area contributed by atoms with Gasteiger partial charge in [-0.1, -0.05) is 0 Å². The van der Waals surface area contributed by atoms with E-state index in [-0.39, 0.29) is 0 Å². The van der Waals surface area contributed by atoms with Gasteiger partial charge in [-0.05, 0) is 42.5 Å². The van der Waals surface area contributed by atoms with E-state index in [0.717, 1.165) is 0 Å². The molecule has 0 aliphatic carbocycles. The Hall–Kier alpha value is -2.95. The standard InChI is InChI=1S/C17H14O5/c1-19-12-5-6-15(20-2)14(10-12)16-9-11(17(18)22-16)8-13-4-3-7-21-13/h3-10H,1-2H3/b11-8-. The first-order valence-corrected chi connectivity index (χ1v) is 6.63. The summed E-state index contributed by atoms with van der Waals surface area (Å²) in [5.74, 6) is 1.81. The van der Waals surface area contributed by atoms with E-state index in [1.54, 1.807) is 63.0 Å². The topological polar surface area (TPSA) is 57.9 Å². The summed E-state index contributed by atoms with van der Waals surface area (Å²) in [5.41, 5.74) is 1.06. The summed E-state index contributed by atoms with van der Waals surface area (Å²) in [6.45, 7) is 0. The lowest BCUT2D eigenvalue weighted by Gasteiger charge is -2.10. The molecule has 0 radical (unpaired) electrons. The number of ether oxygens (including phenoxy) is 3. The van der Waals surface area contributed by atoms with Gasteiger partial charge in [-0.25, -0.2) is 4.79 Å². The van der Waals surface area contributed by atoms with Gasteiger partial charge in [0.05, 0.1) is 31.6 Å².